The molecule has 3 heterocycles. The molecule has 0 unspecified atom stereocenters. The Labute approximate surface area is 164 Å². The number of hydrogen-bond acceptors (Lipinski definition) is 4. The van der Waals surface area contributed by atoms with Gasteiger partial charge in [-0.25, -0.2) is 4.98 Å². The predicted octanol–water partition coefficient (Wildman–Crippen LogP) is 5.49. The summed E-state index contributed by atoms with van der Waals surface area (Å²) in [4.78, 5) is 16.6. The van der Waals surface area contributed by atoms with Gasteiger partial charge in [-0.15, -0.1) is 16.3 Å². The van der Waals surface area contributed by atoms with Gasteiger partial charge in [0.05, 0.1) is 4.88 Å². The summed E-state index contributed by atoms with van der Waals surface area (Å²) in [5.74, 6) is 1.02. The highest BCUT2D eigenvalue weighted by molar-refractivity contribution is 7.19. The molecule has 3 aromatic heterocycles. The first-order valence-corrected chi connectivity index (χ1v) is 9.26. The minimum Gasteiger partial charge on any atom is -0.384 e. The third-order valence-corrected chi connectivity index (χ3v) is 5.56. The summed E-state index contributed by atoms with van der Waals surface area (Å²) < 4.78 is 0. The molecule has 1 aromatic carbocycles. The lowest BCUT2D eigenvalue weighted by molar-refractivity contribution is 0.221. The van der Waals surface area contributed by atoms with Crippen molar-refractivity contribution in [1.29, 1.82) is 0 Å². The number of aromatic nitrogens is 3. The van der Waals surface area contributed by atoms with Crippen molar-refractivity contribution < 1.29 is 5.11 Å². The first kappa shape index (κ1) is 17.4. The van der Waals surface area contributed by atoms with Crippen LogP contribution in [0.5, 0.6) is 0 Å². The third-order valence-electron chi connectivity index (χ3n) is 4.10. The average Bonchev–Trinajstić information content (AvgIpc) is 3.38. The van der Waals surface area contributed by atoms with Crippen LogP contribution in [0.25, 0.3) is 26.0 Å². The second-order valence-electron chi connectivity index (χ2n) is 5.80. The Morgan fingerprint density at radius 1 is 1.11 bits per heavy atom. The zero-order valence-corrected chi connectivity index (χ0v) is 15.5. The Morgan fingerprint density at radius 3 is 2.63 bits per heavy atom. The van der Waals surface area contributed by atoms with Gasteiger partial charge in [0, 0.05) is 27.9 Å². The molecule has 0 amide bonds. The SMILES string of the molecule is [C-]#[N+]c1cc(-c2cc([C@H](O)c3ccc(Cl)cc3)c(-c3ncc[nH]3)s2)ccn1. The minimum atomic E-state index is -0.825. The Hall–Kier alpha value is -2.98. The summed E-state index contributed by atoms with van der Waals surface area (Å²) in [6.07, 6.45) is 4.21. The van der Waals surface area contributed by atoms with E-state index >= 15 is 0 Å². The summed E-state index contributed by atoms with van der Waals surface area (Å²) in [6.45, 7) is 7.16. The Morgan fingerprint density at radius 2 is 1.93 bits per heavy atom. The maximum Gasteiger partial charge on any atom is 0.270 e. The van der Waals surface area contributed by atoms with Crippen LogP contribution in [-0.4, -0.2) is 20.1 Å². The molecule has 0 saturated heterocycles. The molecular weight excluding hydrogens is 380 g/mol. The van der Waals surface area contributed by atoms with Gasteiger partial charge in [-0.05, 0) is 41.5 Å². The molecule has 1 atom stereocenters. The van der Waals surface area contributed by atoms with Gasteiger partial charge in [0.1, 0.15) is 18.1 Å². The van der Waals surface area contributed by atoms with E-state index in [-0.39, 0.29) is 0 Å². The Balaban J connectivity index is 1.83. The highest BCUT2D eigenvalue weighted by Gasteiger charge is 2.21. The smallest absolute Gasteiger partial charge is 0.270 e. The molecule has 4 aromatic rings. The number of aliphatic hydroxyl groups excluding tert-OH is 1. The van der Waals surface area contributed by atoms with Crippen LogP contribution in [-0.2, 0) is 0 Å². The van der Waals surface area contributed by atoms with Crippen molar-refractivity contribution in [2.75, 3.05) is 0 Å². The average molecular weight is 393 g/mol. The van der Waals surface area contributed by atoms with Crippen molar-refractivity contribution in [3.63, 3.8) is 0 Å². The van der Waals surface area contributed by atoms with Crippen molar-refractivity contribution in [3.8, 4) is 21.1 Å². The van der Waals surface area contributed by atoms with Crippen LogP contribution in [0.1, 0.15) is 17.2 Å². The zero-order chi connectivity index (χ0) is 18.8. The molecule has 132 valence electrons. The molecule has 27 heavy (non-hydrogen) atoms. The minimum absolute atomic E-state index is 0.334. The van der Waals surface area contributed by atoms with E-state index in [0.29, 0.717) is 16.7 Å². The lowest BCUT2D eigenvalue weighted by Crippen LogP contribution is -1.99. The number of benzene rings is 1. The largest absolute Gasteiger partial charge is 0.384 e. The van der Waals surface area contributed by atoms with Gasteiger partial charge in [-0.2, -0.15) is 0 Å². The number of nitrogens with one attached hydrogen (secondary N) is 1. The van der Waals surface area contributed by atoms with Gasteiger partial charge < -0.3 is 14.9 Å². The van der Waals surface area contributed by atoms with E-state index in [1.54, 1.807) is 48.9 Å². The van der Waals surface area contributed by atoms with Crippen molar-refractivity contribution >= 4 is 28.8 Å². The fourth-order valence-electron chi connectivity index (χ4n) is 2.78. The normalized spacial score (nSPS) is 11.9. The van der Waals surface area contributed by atoms with Crippen LogP contribution in [0.4, 0.5) is 5.82 Å². The van der Waals surface area contributed by atoms with Crippen LogP contribution in [0.3, 0.4) is 0 Å². The number of halogens is 1. The van der Waals surface area contributed by atoms with Crippen LogP contribution >= 0.6 is 22.9 Å². The van der Waals surface area contributed by atoms with Gasteiger partial charge in [0.15, 0.2) is 0 Å². The van der Waals surface area contributed by atoms with E-state index in [1.807, 2.05) is 12.1 Å². The monoisotopic (exact) mass is 392 g/mol. The number of H-pyrrole nitrogens is 1. The van der Waals surface area contributed by atoms with Crippen molar-refractivity contribution in [3.05, 3.63) is 88.6 Å². The summed E-state index contributed by atoms with van der Waals surface area (Å²) >= 11 is 7.47. The van der Waals surface area contributed by atoms with Crippen LogP contribution in [0.2, 0.25) is 5.02 Å². The molecule has 7 heteroatoms. The predicted molar refractivity (Wildman–Crippen MR) is 107 cm³/mol. The van der Waals surface area contributed by atoms with Crippen LogP contribution in [0.15, 0.2) is 61.1 Å². The zero-order valence-electron chi connectivity index (χ0n) is 13.9. The molecule has 0 spiro atoms. The van der Waals surface area contributed by atoms with E-state index < -0.39 is 6.10 Å². The molecule has 0 aliphatic heterocycles. The summed E-state index contributed by atoms with van der Waals surface area (Å²) in [5.41, 5.74) is 2.37. The molecule has 0 aliphatic rings. The second-order valence-corrected chi connectivity index (χ2v) is 7.29. The first-order valence-electron chi connectivity index (χ1n) is 8.06. The van der Waals surface area contributed by atoms with Gasteiger partial charge in [-0.3, -0.25) is 0 Å². The van der Waals surface area contributed by atoms with E-state index in [2.05, 4.69) is 19.8 Å². The number of aliphatic hydroxyl groups is 1. The number of aromatic amines is 1. The fraction of sp³-hybridized carbons (Fsp3) is 0.0500. The molecule has 0 aliphatic carbocycles. The molecule has 0 radical (unpaired) electrons. The van der Waals surface area contributed by atoms with E-state index in [9.17, 15) is 5.11 Å². The fourth-order valence-corrected chi connectivity index (χ4v) is 4.06. The number of nitrogens with zero attached hydrogens (tertiary/aromatic N) is 3. The lowest BCUT2D eigenvalue weighted by Gasteiger charge is -2.11. The van der Waals surface area contributed by atoms with Gasteiger partial charge >= 0.3 is 0 Å². The number of hydrogen-bond donors (Lipinski definition) is 2. The Kier molecular flexibility index (Phi) is 4.73. The number of thiophene rings is 1. The Bertz CT molecular complexity index is 1110. The number of pyridine rings is 1. The standard InChI is InChI=1S/C20H13ClN4OS/c1-22-17-10-13(6-7-23-17)16-11-15(19(27-16)20-24-8-9-25-20)18(26)12-2-4-14(21)5-3-12/h2-11,18,26H,(H,24,25)/t18-/m1/s1. The molecule has 5 nitrogen and oxygen atoms in total. The number of rotatable bonds is 4. The lowest BCUT2D eigenvalue weighted by atomic mass is 10.0. The first-order chi connectivity index (χ1) is 13.2. The summed E-state index contributed by atoms with van der Waals surface area (Å²) in [7, 11) is 0. The molecule has 2 N–H and O–H groups in total. The molecule has 4 rings (SSSR count). The van der Waals surface area contributed by atoms with E-state index in [4.69, 9.17) is 18.2 Å². The van der Waals surface area contributed by atoms with Crippen LogP contribution < -0.4 is 0 Å². The quantitative estimate of drug-likeness (QED) is 0.451. The van der Waals surface area contributed by atoms with E-state index in [1.165, 1.54) is 11.3 Å². The van der Waals surface area contributed by atoms with Crippen molar-refractivity contribution in [2.45, 2.75) is 6.10 Å². The molecular formula is C20H13ClN4OS. The van der Waals surface area contributed by atoms with Gasteiger partial charge in [-0.1, -0.05) is 30.3 Å². The van der Waals surface area contributed by atoms with Crippen molar-refractivity contribution in [2.24, 2.45) is 0 Å². The van der Waals surface area contributed by atoms with Gasteiger partial charge in [0.2, 0.25) is 0 Å². The summed E-state index contributed by atoms with van der Waals surface area (Å²) in [6, 6.07) is 12.6. The van der Waals surface area contributed by atoms with E-state index in [0.717, 1.165) is 26.4 Å². The third kappa shape index (κ3) is 3.49. The highest BCUT2D eigenvalue weighted by atomic mass is 35.5. The maximum atomic E-state index is 11.0. The van der Waals surface area contributed by atoms with Gasteiger partial charge in [0.25, 0.3) is 5.82 Å². The molecule has 0 fully saturated rings. The molecule has 0 saturated carbocycles. The summed E-state index contributed by atoms with van der Waals surface area (Å²) in [5, 5.41) is 11.6. The number of imidazole rings is 1. The van der Waals surface area contributed by atoms with Crippen LogP contribution in [0, 0.1) is 6.57 Å². The topological polar surface area (TPSA) is 66.2 Å². The highest BCUT2D eigenvalue weighted by Crippen LogP contribution is 2.41. The maximum absolute atomic E-state index is 11.0. The van der Waals surface area contributed by atoms with Crippen molar-refractivity contribution in [1.82, 2.24) is 15.0 Å². The second kappa shape index (κ2) is 7.33. The molecule has 0 bridgehead atoms.